The summed E-state index contributed by atoms with van der Waals surface area (Å²) in [4.78, 5) is 10.8. The van der Waals surface area contributed by atoms with E-state index in [0.29, 0.717) is 6.04 Å². The second kappa shape index (κ2) is 5.67. The predicted octanol–water partition coefficient (Wildman–Crippen LogP) is 3.03. The summed E-state index contributed by atoms with van der Waals surface area (Å²) in [7, 11) is 2.09. The van der Waals surface area contributed by atoms with E-state index >= 15 is 0 Å². The maximum absolute atomic E-state index is 6.42. The fourth-order valence-electron chi connectivity index (χ4n) is 2.44. The first-order valence-corrected chi connectivity index (χ1v) is 6.84. The molecular formula is C13H20ClN3. The normalized spacial score (nSPS) is 24.6. The van der Waals surface area contributed by atoms with Gasteiger partial charge >= 0.3 is 0 Å². The monoisotopic (exact) mass is 253 g/mol. The van der Waals surface area contributed by atoms with Crippen molar-refractivity contribution < 1.29 is 0 Å². The molecule has 1 heterocycles. The molecule has 0 spiro atoms. The molecule has 0 amide bonds. The Morgan fingerprint density at radius 3 is 2.82 bits per heavy atom. The molecule has 3 nitrogen and oxygen atoms in total. The van der Waals surface area contributed by atoms with Gasteiger partial charge in [-0.3, -0.25) is 0 Å². The largest absolute Gasteiger partial charge is 0.355 e. The van der Waals surface area contributed by atoms with E-state index < -0.39 is 0 Å². The third-order valence-electron chi connectivity index (χ3n) is 3.58. The standard InChI is InChI=1S/C13H20ClN3/c1-3-10-8-13(16-9-15-10)17(2)12-7-5-4-6-11(12)14/h8-9,11-12H,3-7H2,1-2H3. The van der Waals surface area contributed by atoms with Gasteiger partial charge in [-0.15, -0.1) is 11.6 Å². The zero-order valence-corrected chi connectivity index (χ0v) is 11.3. The van der Waals surface area contributed by atoms with Gasteiger partial charge in [-0.05, 0) is 19.3 Å². The van der Waals surface area contributed by atoms with Crippen molar-refractivity contribution in [3.05, 3.63) is 18.1 Å². The van der Waals surface area contributed by atoms with Gasteiger partial charge in [-0.1, -0.05) is 19.8 Å². The van der Waals surface area contributed by atoms with Crippen LogP contribution >= 0.6 is 11.6 Å². The summed E-state index contributed by atoms with van der Waals surface area (Å²) in [5.74, 6) is 0.995. The Bertz CT molecular complexity index is 369. The number of hydrogen-bond donors (Lipinski definition) is 0. The van der Waals surface area contributed by atoms with Gasteiger partial charge < -0.3 is 4.90 Å². The van der Waals surface area contributed by atoms with E-state index in [1.165, 1.54) is 12.8 Å². The topological polar surface area (TPSA) is 29.0 Å². The predicted molar refractivity (Wildman–Crippen MR) is 71.7 cm³/mol. The number of aromatic nitrogens is 2. The Labute approximate surface area is 108 Å². The van der Waals surface area contributed by atoms with Crippen LogP contribution in [0.4, 0.5) is 5.82 Å². The molecular weight excluding hydrogens is 234 g/mol. The van der Waals surface area contributed by atoms with Crippen molar-refractivity contribution in [3.63, 3.8) is 0 Å². The lowest BCUT2D eigenvalue weighted by molar-refractivity contribution is 0.432. The van der Waals surface area contributed by atoms with E-state index in [2.05, 4.69) is 34.9 Å². The lowest BCUT2D eigenvalue weighted by atomic mass is 9.94. The van der Waals surface area contributed by atoms with Gasteiger partial charge in [-0.2, -0.15) is 0 Å². The molecule has 17 heavy (non-hydrogen) atoms. The van der Waals surface area contributed by atoms with Crippen molar-refractivity contribution >= 4 is 17.4 Å². The number of anilines is 1. The number of aryl methyl sites for hydroxylation is 1. The van der Waals surface area contributed by atoms with Crippen molar-refractivity contribution in [2.45, 2.75) is 50.4 Å². The number of hydrogen-bond acceptors (Lipinski definition) is 3. The highest BCUT2D eigenvalue weighted by molar-refractivity contribution is 6.21. The van der Waals surface area contributed by atoms with E-state index in [0.717, 1.165) is 30.8 Å². The van der Waals surface area contributed by atoms with Crippen LogP contribution in [0, 0.1) is 0 Å². The molecule has 4 heteroatoms. The first-order chi connectivity index (χ1) is 8.22. The summed E-state index contributed by atoms with van der Waals surface area (Å²) in [6.07, 6.45) is 7.39. The molecule has 1 aromatic rings. The second-order valence-corrected chi connectivity index (χ2v) is 5.26. The summed E-state index contributed by atoms with van der Waals surface area (Å²) in [5, 5.41) is 0.244. The molecule has 94 valence electrons. The van der Waals surface area contributed by atoms with E-state index in [1.54, 1.807) is 6.33 Å². The lowest BCUT2D eigenvalue weighted by Crippen LogP contribution is -2.41. The molecule has 0 aliphatic heterocycles. The van der Waals surface area contributed by atoms with Gasteiger partial charge in [0.05, 0.1) is 5.38 Å². The fourth-order valence-corrected chi connectivity index (χ4v) is 2.89. The van der Waals surface area contributed by atoms with Crippen LogP contribution in [-0.4, -0.2) is 28.4 Å². The minimum Gasteiger partial charge on any atom is -0.355 e. The van der Waals surface area contributed by atoms with Crippen LogP contribution in [0.5, 0.6) is 0 Å². The minimum absolute atomic E-state index is 0.244. The maximum atomic E-state index is 6.42. The highest BCUT2D eigenvalue weighted by Gasteiger charge is 2.27. The molecule has 0 bridgehead atoms. The van der Waals surface area contributed by atoms with Crippen molar-refractivity contribution in [2.24, 2.45) is 0 Å². The highest BCUT2D eigenvalue weighted by atomic mass is 35.5. The number of alkyl halides is 1. The zero-order chi connectivity index (χ0) is 12.3. The second-order valence-electron chi connectivity index (χ2n) is 4.70. The molecule has 1 aromatic heterocycles. The molecule has 2 atom stereocenters. The Morgan fingerprint density at radius 2 is 2.12 bits per heavy atom. The molecule has 1 saturated carbocycles. The first-order valence-electron chi connectivity index (χ1n) is 6.40. The summed E-state index contributed by atoms with van der Waals surface area (Å²) in [6.45, 7) is 2.11. The first kappa shape index (κ1) is 12.6. The molecule has 2 rings (SSSR count). The maximum Gasteiger partial charge on any atom is 0.132 e. The van der Waals surface area contributed by atoms with E-state index in [1.807, 2.05) is 0 Å². The van der Waals surface area contributed by atoms with Crippen LogP contribution in [0.25, 0.3) is 0 Å². The molecule has 0 radical (unpaired) electrons. The summed E-state index contributed by atoms with van der Waals surface area (Å²) >= 11 is 6.42. The third kappa shape index (κ3) is 2.89. The molecule has 1 aliphatic rings. The van der Waals surface area contributed by atoms with E-state index in [4.69, 9.17) is 11.6 Å². The average molecular weight is 254 g/mol. The van der Waals surface area contributed by atoms with E-state index in [-0.39, 0.29) is 5.38 Å². The third-order valence-corrected chi connectivity index (χ3v) is 4.09. The Hall–Kier alpha value is -0.830. The fraction of sp³-hybridized carbons (Fsp3) is 0.692. The van der Waals surface area contributed by atoms with E-state index in [9.17, 15) is 0 Å². The van der Waals surface area contributed by atoms with Crippen LogP contribution < -0.4 is 4.90 Å². The van der Waals surface area contributed by atoms with Crippen molar-refractivity contribution in [2.75, 3.05) is 11.9 Å². The highest BCUT2D eigenvalue weighted by Crippen LogP contribution is 2.28. The molecule has 0 aromatic carbocycles. The summed E-state index contributed by atoms with van der Waals surface area (Å²) in [5.41, 5.74) is 1.09. The Balaban J connectivity index is 2.14. The Morgan fingerprint density at radius 1 is 1.35 bits per heavy atom. The van der Waals surface area contributed by atoms with Crippen LogP contribution in [0.2, 0.25) is 0 Å². The lowest BCUT2D eigenvalue weighted by Gasteiger charge is -2.35. The number of rotatable bonds is 3. The van der Waals surface area contributed by atoms with Gasteiger partial charge in [-0.25, -0.2) is 9.97 Å². The van der Waals surface area contributed by atoms with Gasteiger partial charge in [0.1, 0.15) is 12.1 Å². The summed E-state index contributed by atoms with van der Waals surface area (Å²) in [6, 6.07) is 2.48. The summed E-state index contributed by atoms with van der Waals surface area (Å²) < 4.78 is 0. The molecule has 1 aliphatic carbocycles. The van der Waals surface area contributed by atoms with Crippen LogP contribution in [-0.2, 0) is 6.42 Å². The van der Waals surface area contributed by atoms with Crippen molar-refractivity contribution in [3.8, 4) is 0 Å². The molecule has 2 unspecified atom stereocenters. The molecule has 0 N–H and O–H groups in total. The van der Waals surface area contributed by atoms with Crippen LogP contribution in [0.3, 0.4) is 0 Å². The van der Waals surface area contributed by atoms with Gasteiger partial charge in [0, 0.05) is 24.8 Å². The quantitative estimate of drug-likeness (QED) is 0.776. The van der Waals surface area contributed by atoms with Crippen LogP contribution in [0.1, 0.15) is 38.3 Å². The smallest absolute Gasteiger partial charge is 0.132 e. The SMILES string of the molecule is CCc1cc(N(C)C2CCCCC2Cl)ncn1. The van der Waals surface area contributed by atoms with Gasteiger partial charge in [0.15, 0.2) is 0 Å². The zero-order valence-electron chi connectivity index (χ0n) is 10.6. The molecule has 1 fully saturated rings. The number of nitrogens with zero attached hydrogens (tertiary/aromatic N) is 3. The minimum atomic E-state index is 0.244. The van der Waals surface area contributed by atoms with Crippen molar-refractivity contribution in [1.82, 2.24) is 9.97 Å². The number of halogens is 1. The van der Waals surface area contributed by atoms with Gasteiger partial charge in [0.25, 0.3) is 0 Å². The Kier molecular flexibility index (Phi) is 4.21. The molecule has 0 saturated heterocycles. The van der Waals surface area contributed by atoms with Crippen molar-refractivity contribution in [1.29, 1.82) is 0 Å². The average Bonchev–Trinajstić information content (AvgIpc) is 2.38. The van der Waals surface area contributed by atoms with Gasteiger partial charge in [0.2, 0.25) is 0 Å². The van der Waals surface area contributed by atoms with Crippen LogP contribution in [0.15, 0.2) is 12.4 Å².